The van der Waals surface area contributed by atoms with Crippen molar-refractivity contribution < 1.29 is 13.2 Å². The third kappa shape index (κ3) is 3.70. The molecular formula is C20H23N3O3S. The predicted molar refractivity (Wildman–Crippen MR) is 106 cm³/mol. The van der Waals surface area contributed by atoms with Crippen molar-refractivity contribution in [1.29, 1.82) is 0 Å². The van der Waals surface area contributed by atoms with Gasteiger partial charge >= 0.3 is 0 Å². The van der Waals surface area contributed by atoms with Crippen molar-refractivity contribution in [3.8, 4) is 11.5 Å². The molecule has 0 aromatic heterocycles. The number of benzene rings is 2. The van der Waals surface area contributed by atoms with E-state index in [0.29, 0.717) is 19.6 Å². The van der Waals surface area contributed by atoms with Gasteiger partial charge in [0.05, 0.1) is 11.8 Å². The van der Waals surface area contributed by atoms with Crippen molar-refractivity contribution in [2.45, 2.75) is 13.3 Å². The van der Waals surface area contributed by atoms with Crippen LogP contribution in [-0.2, 0) is 10.0 Å². The molecule has 1 saturated heterocycles. The molecule has 0 saturated carbocycles. The van der Waals surface area contributed by atoms with Gasteiger partial charge in [-0.1, -0.05) is 23.8 Å². The summed E-state index contributed by atoms with van der Waals surface area (Å²) in [6, 6.07) is 13.8. The molecule has 0 aliphatic carbocycles. The van der Waals surface area contributed by atoms with Crippen LogP contribution in [0.4, 0.5) is 5.69 Å². The lowest BCUT2D eigenvalue weighted by molar-refractivity contribution is 0.410. The van der Waals surface area contributed by atoms with Crippen molar-refractivity contribution in [1.82, 2.24) is 9.21 Å². The Morgan fingerprint density at radius 1 is 1.00 bits per heavy atom. The summed E-state index contributed by atoms with van der Waals surface area (Å²) in [5.74, 6) is 2.34. The van der Waals surface area contributed by atoms with Crippen LogP contribution in [0.1, 0.15) is 17.5 Å². The Labute approximate surface area is 160 Å². The van der Waals surface area contributed by atoms with Crippen LogP contribution in [0.3, 0.4) is 0 Å². The number of hydrogen-bond acceptors (Lipinski definition) is 5. The number of para-hydroxylation sites is 2. The van der Waals surface area contributed by atoms with Gasteiger partial charge in [-0.25, -0.2) is 17.7 Å². The molecule has 2 heterocycles. The summed E-state index contributed by atoms with van der Waals surface area (Å²) < 4.78 is 31.6. The summed E-state index contributed by atoms with van der Waals surface area (Å²) in [6.45, 7) is 4.39. The summed E-state index contributed by atoms with van der Waals surface area (Å²) in [4.78, 5) is 7.10. The lowest BCUT2D eigenvalue weighted by Crippen LogP contribution is -2.37. The van der Waals surface area contributed by atoms with Crippen LogP contribution in [0.25, 0.3) is 0 Å². The van der Waals surface area contributed by atoms with Gasteiger partial charge in [-0.3, -0.25) is 0 Å². The van der Waals surface area contributed by atoms with E-state index in [1.165, 1.54) is 6.26 Å². The topological polar surface area (TPSA) is 62.2 Å². The maximum absolute atomic E-state index is 11.9. The Balaban J connectivity index is 1.76. The first-order chi connectivity index (χ1) is 12.9. The summed E-state index contributed by atoms with van der Waals surface area (Å²) in [5.41, 5.74) is 2.85. The zero-order chi connectivity index (χ0) is 19.0. The van der Waals surface area contributed by atoms with Crippen molar-refractivity contribution in [3.05, 3.63) is 53.6 Å². The first kappa shape index (κ1) is 18.0. The standard InChI is InChI=1S/C20H23N3O3S/c1-15-8-9-18-16(14-15)20(21-17-6-3-4-7-19(17)26-18)22-10-5-11-23(13-12-22)27(2,24)25/h3-4,6-9,14H,5,10-13H2,1-2H3. The molecule has 2 aromatic rings. The smallest absolute Gasteiger partial charge is 0.211 e. The number of ether oxygens (including phenoxy) is 1. The lowest BCUT2D eigenvalue weighted by atomic mass is 10.1. The molecule has 0 unspecified atom stereocenters. The first-order valence-electron chi connectivity index (χ1n) is 9.08. The maximum Gasteiger partial charge on any atom is 0.211 e. The number of nitrogens with zero attached hydrogens (tertiary/aromatic N) is 3. The van der Waals surface area contributed by atoms with E-state index in [-0.39, 0.29) is 0 Å². The maximum atomic E-state index is 11.9. The molecule has 0 spiro atoms. The van der Waals surface area contributed by atoms with Crippen molar-refractivity contribution >= 4 is 21.5 Å². The molecule has 7 heteroatoms. The molecule has 0 bridgehead atoms. The Morgan fingerprint density at radius 3 is 2.63 bits per heavy atom. The number of sulfonamides is 1. The fourth-order valence-corrected chi connectivity index (χ4v) is 4.39. The molecule has 2 aromatic carbocycles. The van der Waals surface area contributed by atoms with Gasteiger partial charge < -0.3 is 9.64 Å². The molecular weight excluding hydrogens is 362 g/mol. The van der Waals surface area contributed by atoms with E-state index in [9.17, 15) is 8.42 Å². The highest BCUT2D eigenvalue weighted by atomic mass is 32.2. The number of aryl methyl sites for hydroxylation is 1. The molecule has 6 nitrogen and oxygen atoms in total. The second kappa shape index (κ2) is 6.98. The van der Waals surface area contributed by atoms with Gasteiger partial charge in [0.1, 0.15) is 17.3 Å². The van der Waals surface area contributed by atoms with Crippen molar-refractivity contribution in [2.75, 3.05) is 32.4 Å². The molecule has 1 fully saturated rings. The highest BCUT2D eigenvalue weighted by Crippen LogP contribution is 2.38. The molecule has 2 aliphatic rings. The van der Waals surface area contributed by atoms with Gasteiger partial charge in [-0.05, 0) is 37.6 Å². The average Bonchev–Trinajstić information content (AvgIpc) is 2.96. The third-order valence-corrected chi connectivity index (χ3v) is 6.21. The zero-order valence-corrected chi connectivity index (χ0v) is 16.4. The average molecular weight is 385 g/mol. The highest BCUT2D eigenvalue weighted by Gasteiger charge is 2.27. The minimum absolute atomic E-state index is 0.460. The summed E-state index contributed by atoms with van der Waals surface area (Å²) in [5, 5.41) is 0. The minimum Gasteiger partial charge on any atom is -0.454 e. The number of rotatable bonds is 1. The lowest BCUT2D eigenvalue weighted by Gasteiger charge is -2.25. The van der Waals surface area contributed by atoms with Crippen LogP contribution in [0.15, 0.2) is 47.5 Å². The van der Waals surface area contributed by atoms with E-state index in [0.717, 1.165) is 47.1 Å². The van der Waals surface area contributed by atoms with Crippen LogP contribution < -0.4 is 4.74 Å². The molecule has 27 heavy (non-hydrogen) atoms. The van der Waals surface area contributed by atoms with Crippen molar-refractivity contribution in [3.63, 3.8) is 0 Å². The normalized spacial score (nSPS) is 17.9. The molecule has 2 aliphatic heterocycles. The number of amidine groups is 1. The van der Waals surface area contributed by atoms with Crippen LogP contribution in [-0.4, -0.2) is 55.9 Å². The first-order valence-corrected chi connectivity index (χ1v) is 10.9. The van der Waals surface area contributed by atoms with Gasteiger partial charge in [-0.2, -0.15) is 0 Å². The molecule has 4 rings (SSSR count). The Bertz CT molecular complexity index is 1000. The number of hydrogen-bond donors (Lipinski definition) is 0. The van der Waals surface area contributed by atoms with Crippen molar-refractivity contribution in [2.24, 2.45) is 4.99 Å². The Morgan fingerprint density at radius 2 is 1.81 bits per heavy atom. The van der Waals surface area contributed by atoms with Crippen LogP contribution >= 0.6 is 0 Å². The quantitative estimate of drug-likeness (QED) is 0.757. The summed E-state index contributed by atoms with van der Waals surface area (Å²) in [7, 11) is -3.18. The van der Waals surface area contributed by atoms with Crippen LogP contribution in [0.2, 0.25) is 0 Å². The van der Waals surface area contributed by atoms with E-state index in [1.54, 1.807) is 4.31 Å². The van der Waals surface area contributed by atoms with Crippen LogP contribution in [0, 0.1) is 6.92 Å². The molecule has 0 amide bonds. The van der Waals surface area contributed by atoms with Gasteiger partial charge in [0.2, 0.25) is 10.0 Å². The van der Waals surface area contributed by atoms with Gasteiger partial charge in [0.15, 0.2) is 5.75 Å². The largest absolute Gasteiger partial charge is 0.454 e. The fraction of sp³-hybridized carbons (Fsp3) is 0.350. The second-order valence-corrected chi connectivity index (χ2v) is 8.99. The number of fused-ring (bicyclic) bond motifs is 2. The predicted octanol–water partition coefficient (Wildman–Crippen LogP) is 3.15. The summed E-state index contributed by atoms with van der Waals surface area (Å²) >= 11 is 0. The van der Waals surface area contributed by atoms with Gasteiger partial charge in [0.25, 0.3) is 0 Å². The van der Waals surface area contributed by atoms with Crippen LogP contribution in [0.5, 0.6) is 11.5 Å². The summed E-state index contributed by atoms with van der Waals surface area (Å²) in [6.07, 6.45) is 2.03. The Kier molecular flexibility index (Phi) is 4.65. The molecule has 142 valence electrons. The zero-order valence-electron chi connectivity index (χ0n) is 15.6. The highest BCUT2D eigenvalue weighted by molar-refractivity contribution is 7.88. The van der Waals surface area contributed by atoms with Gasteiger partial charge in [-0.15, -0.1) is 0 Å². The second-order valence-electron chi connectivity index (χ2n) is 7.01. The third-order valence-electron chi connectivity index (χ3n) is 4.91. The van der Waals surface area contributed by atoms with E-state index in [1.807, 2.05) is 43.3 Å². The van der Waals surface area contributed by atoms with E-state index < -0.39 is 10.0 Å². The minimum atomic E-state index is -3.18. The van der Waals surface area contributed by atoms with E-state index >= 15 is 0 Å². The molecule has 0 N–H and O–H groups in total. The monoisotopic (exact) mass is 385 g/mol. The SMILES string of the molecule is Cc1ccc2c(c1)C(N1CCCN(S(C)(=O)=O)CC1)=Nc1ccccc1O2. The molecule has 0 radical (unpaired) electrons. The fourth-order valence-electron chi connectivity index (χ4n) is 3.51. The van der Waals surface area contributed by atoms with E-state index in [2.05, 4.69) is 11.0 Å². The molecule has 0 atom stereocenters. The Hall–Kier alpha value is -2.38. The van der Waals surface area contributed by atoms with Gasteiger partial charge in [0, 0.05) is 26.2 Å². The number of aliphatic imine (C=N–C) groups is 1. The van der Waals surface area contributed by atoms with E-state index in [4.69, 9.17) is 9.73 Å².